The molecule has 0 aliphatic carbocycles. The van der Waals surface area contributed by atoms with E-state index in [1.807, 2.05) is 66.4 Å². The second-order valence-electron chi connectivity index (χ2n) is 9.01. The Labute approximate surface area is 193 Å². The van der Waals surface area contributed by atoms with Crippen LogP contribution in [0.1, 0.15) is 50.0 Å². The number of rotatable bonds is 5. The number of carbonyl (C=O) groups excluding carboxylic acids is 2. The Kier molecular flexibility index (Phi) is 5.94. The highest BCUT2D eigenvalue weighted by Crippen LogP contribution is 2.30. The van der Waals surface area contributed by atoms with Crippen LogP contribution in [0.4, 0.5) is 5.69 Å². The molecule has 3 heterocycles. The van der Waals surface area contributed by atoms with Gasteiger partial charge in [0.1, 0.15) is 5.82 Å². The molecule has 1 N–H and O–H groups in total. The van der Waals surface area contributed by atoms with Crippen LogP contribution >= 0.6 is 0 Å². The molecule has 7 heteroatoms. The Morgan fingerprint density at radius 2 is 1.91 bits per heavy atom. The van der Waals surface area contributed by atoms with Crippen molar-refractivity contribution in [2.75, 3.05) is 11.9 Å². The number of fused-ring (bicyclic) bond motifs is 1. The monoisotopic (exact) mass is 443 g/mol. The number of hydrogen-bond acceptors (Lipinski definition) is 4. The quantitative estimate of drug-likeness (QED) is 0.640. The summed E-state index contributed by atoms with van der Waals surface area (Å²) in [4.78, 5) is 27.5. The maximum atomic E-state index is 13.0. The van der Waals surface area contributed by atoms with Gasteiger partial charge < -0.3 is 14.8 Å². The second kappa shape index (κ2) is 9.17. The minimum atomic E-state index is -0.364. The summed E-state index contributed by atoms with van der Waals surface area (Å²) in [6, 6.07) is 17.6. The Morgan fingerprint density at radius 3 is 2.76 bits per heavy atom. The van der Waals surface area contributed by atoms with Gasteiger partial charge in [0.15, 0.2) is 5.82 Å². The van der Waals surface area contributed by atoms with Gasteiger partial charge >= 0.3 is 0 Å². The molecule has 33 heavy (non-hydrogen) atoms. The third-order valence-electron chi connectivity index (χ3n) is 6.78. The average molecular weight is 444 g/mol. The van der Waals surface area contributed by atoms with Gasteiger partial charge in [0.2, 0.25) is 11.8 Å². The number of amides is 2. The highest BCUT2D eigenvalue weighted by atomic mass is 16.2. The van der Waals surface area contributed by atoms with Crippen molar-refractivity contribution < 1.29 is 9.59 Å². The number of nitrogens with zero attached hydrogens (tertiary/aromatic N) is 4. The van der Waals surface area contributed by atoms with Crippen LogP contribution in [0.5, 0.6) is 0 Å². The van der Waals surface area contributed by atoms with Crippen molar-refractivity contribution in [2.24, 2.45) is 5.92 Å². The normalized spacial score (nSPS) is 19.1. The molecular weight excluding hydrogens is 414 g/mol. The number of aromatic nitrogens is 3. The summed E-state index contributed by atoms with van der Waals surface area (Å²) in [5.41, 5.74) is 2.73. The lowest BCUT2D eigenvalue weighted by atomic mass is 10.1. The van der Waals surface area contributed by atoms with Crippen molar-refractivity contribution in [3.63, 3.8) is 0 Å². The molecule has 170 valence electrons. The molecule has 3 aromatic rings. The molecule has 2 amide bonds. The molecule has 2 unspecified atom stereocenters. The summed E-state index contributed by atoms with van der Waals surface area (Å²) in [5.74, 6) is 1.42. The van der Waals surface area contributed by atoms with E-state index in [1.54, 1.807) is 0 Å². The average Bonchev–Trinajstić information content (AvgIpc) is 3.35. The highest BCUT2D eigenvalue weighted by molar-refractivity contribution is 5.97. The fourth-order valence-electron chi connectivity index (χ4n) is 4.87. The molecular formula is C26H29N5O2. The zero-order valence-electron chi connectivity index (χ0n) is 18.9. The number of aryl methyl sites for hydroxylation is 1. The minimum absolute atomic E-state index is 0.0198. The molecule has 2 aromatic carbocycles. The van der Waals surface area contributed by atoms with Gasteiger partial charge in [-0.05, 0) is 37.5 Å². The van der Waals surface area contributed by atoms with Crippen molar-refractivity contribution in [3.8, 4) is 11.4 Å². The van der Waals surface area contributed by atoms with Gasteiger partial charge in [0.25, 0.3) is 0 Å². The Hall–Kier alpha value is -3.48. The van der Waals surface area contributed by atoms with Gasteiger partial charge in [-0.3, -0.25) is 9.59 Å². The summed E-state index contributed by atoms with van der Waals surface area (Å²) in [5, 5.41) is 11.8. The molecule has 5 rings (SSSR count). The van der Waals surface area contributed by atoms with E-state index in [9.17, 15) is 9.59 Å². The van der Waals surface area contributed by atoms with E-state index < -0.39 is 0 Å². The van der Waals surface area contributed by atoms with E-state index >= 15 is 0 Å². The fourth-order valence-corrected chi connectivity index (χ4v) is 4.87. The molecule has 2 aliphatic heterocycles. The Balaban J connectivity index is 1.28. The predicted molar refractivity (Wildman–Crippen MR) is 126 cm³/mol. The van der Waals surface area contributed by atoms with Crippen LogP contribution in [0.2, 0.25) is 0 Å². The van der Waals surface area contributed by atoms with E-state index in [4.69, 9.17) is 0 Å². The predicted octanol–water partition coefficient (Wildman–Crippen LogP) is 4.22. The lowest BCUT2D eigenvalue weighted by Gasteiger charge is -2.25. The van der Waals surface area contributed by atoms with Crippen LogP contribution in [0.25, 0.3) is 11.4 Å². The first kappa shape index (κ1) is 21.4. The summed E-state index contributed by atoms with van der Waals surface area (Å²) >= 11 is 0. The smallest absolute Gasteiger partial charge is 0.229 e. The fraction of sp³-hybridized carbons (Fsp3) is 0.385. The molecule has 1 fully saturated rings. The van der Waals surface area contributed by atoms with Gasteiger partial charge in [-0.2, -0.15) is 0 Å². The number of nitrogens with one attached hydrogen (secondary N) is 1. The summed E-state index contributed by atoms with van der Waals surface area (Å²) in [6.07, 6.45) is 4.67. The summed E-state index contributed by atoms with van der Waals surface area (Å²) in [6.45, 7) is 3.37. The standard InChI is InChI=1S/C26H29N5O2/c1-18(19-9-4-2-5-10-19)31-17-21(16-24(31)32)26(33)27-22-12-8-11-20(15-22)25-29-28-23-13-6-3-7-14-30(23)25/h2,4-5,8-12,15,18,21H,3,6-7,13-14,16-17H2,1H3,(H,27,33). The van der Waals surface area contributed by atoms with Gasteiger partial charge in [0.05, 0.1) is 12.0 Å². The number of hydrogen-bond donors (Lipinski definition) is 1. The Morgan fingerprint density at radius 1 is 1.06 bits per heavy atom. The van der Waals surface area contributed by atoms with Crippen LogP contribution in [0.3, 0.4) is 0 Å². The van der Waals surface area contributed by atoms with Gasteiger partial charge in [-0.25, -0.2) is 0 Å². The highest BCUT2D eigenvalue weighted by Gasteiger charge is 2.37. The van der Waals surface area contributed by atoms with Crippen LogP contribution in [0.15, 0.2) is 54.6 Å². The molecule has 0 spiro atoms. The first-order valence-electron chi connectivity index (χ1n) is 11.8. The first-order valence-corrected chi connectivity index (χ1v) is 11.8. The van der Waals surface area contributed by atoms with E-state index in [2.05, 4.69) is 20.1 Å². The van der Waals surface area contributed by atoms with E-state index in [0.717, 1.165) is 48.6 Å². The van der Waals surface area contributed by atoms with Gasteiger partial charge in [-0.15, -0.1) is 10.2 Å². The van der Waals surface area contributed by atoms with E-state index in [1.165, 1.54) is 6.42 Å². The maximum absolute atomic E-state index is 13.0. The van der Waals surface area contributed by atoms with Gasteiger partial charge in [0, 0.05) is 37.2 Å². The van der Waals surface area contributed by atoms with E-state index in [-0.39, 0.29) is 30.2 Å². The molecule has 2 aliphatic rings. The van der Waals surface area contributed by atoms with Crippen LogP contribution < -0.4 is 5.32 Å². The number of benzene rings is 2. The molecule has 0 bridgehead atoms. The molecule has 0 saturated carbocycles. The lowest BCUT2D eigenvalue weighted by molar-refractivity contribution is -0.129. The van der Waals surface area contributed by atoms with Crippen LogP contribution in [-0.4, -0.2) is 38.0 Å². The number of anilines is 1. The summed E-state index contributed by atoms with van der Waals surface area (Å²) < 4.78 is 2.20. The van der Waals surface area contributed by atoms with Crippen molar-refractivity contribution in [2.45, 2.75) is 51.6 Å². The van der Waals surface area contributed by atoms with Crippen molar-refractivity contribution in [1.82, 2.24) is 19.7 Å². The number of carbonyl (C=O) groups is 2. The first-order chi connectivity index (χ1) is 16.1. The molecule has 2 atom stereocenters. The SMILES string of the molecule is CC(c1ccccc1)N1CC(C(=O)Nc2cccc(-c3nnc4n3CCCCC4)c2)CC1=O. The molecule has 0 radical (unpaired) electrons. The second-order valence-corrected chi connectivity index (χ2v) is 9.01. The topological polar surface area (TPSA) is 80.1 Å². The van der Waals surface area contributed by atoms with Crippen molar-refractivity contribution in [3.05, 3.63) is 66.0 Å². The van der Waals surface area contributed by atoms with Gasteiger partial charge in [-0.1, -0.05) is 48.9 Å². The van der Waals surface area contributed by atoms with Crippen molar-refractivity contribution in [1.29, 1.82) is 0 Å². The number of likely N-dealkylation sites (tertiary alicyclic amines) is 1. The zero-order chi connectivity index (χ0) is 22.8. The third kappa shape index (κ3) is 4.40. The molecule has 1 saturated heterocycles. The van der Waals surface area contributed by atoms with Crippen molar-refractivity contribution >= 4 is 17.5 Å². The minimum Gasteiger partial charge on any atom is -0.335 e. The maximum Gasteiger partial charge on any atom is 0.229 e. The Bertz CT molecular complexity index is 1160. The third-order valence-corrected chi connectivity index (χ3v) is 6.78. The van der Waals surface area contributed by atoms with Crippen LogP contribution in [-0.2, 0) is 22.6 Å². The summed E-state index contributed by atoms with van der Waals surface area (Å²) in [7, 11) is 0. The molecule has 1 aromatic heterocycles. The zero-order valence-corrected chi connectivity index (χ0v) is 18.9. The van der Waals surface area contributed by atoms with E-state index in [0.29, 0.717) is 12.2 Å². The largest absolute Gasteiger partial charge is 0.335 e. The lowest BCUT2D eigenvalue weighted by Crippen LogP contribution is -2.30. The molecule has 7 nitrogen and oxygen atoms in total. The van der Waals surface area contributed by atoms with Crippen LogP contribution in [0, 0.1) is 5.92 Å².